The van der Waals surface area contributed by atoms with Crippen LogP contribution in [0.15, 0.2) is 67.0 Å². The van der Waals surface area contributed by atoms with Gasteiger partial charge in [0.15, 0.2) is 0 Å². The van der Waals surface area contributed by atoms with E-state index in [2.05, 4.69) is 15.6 Å². The number of carboxylic acid groups (broad SMARTS) is 1. The third-order valence-corrected chi connectivity index (χ3v) is 5.79. The molecule has 3 aromatic rings. The minimum absolute atomic E-state index is 0. The van der Waals surface area contributed by atoms with Crippen LogP contribution in [-0.2, 0) is 11.3 Å². The molecule has 0 bridgehead atoms. The van der Waals surface area contributed by atoms with Gasteiger partial charge in [0.05, 0.1) is 11.9 Å². The van der Waals surface area contributed by atoms with Crippen LogP contribution < -0.4 is 40.2 Å². The molecular weight excluding hydrogens is 445 g/mol. The summed E-state index contributed by atoms with van der Waals surface area (Å²) in [5.74, 6) is -0.762. The van der Waals surface area contributed by atoms with E-state index in [9.17, 15) is 14.7 Å². The molecule has 0 saturated heterocycles. The van der Waals surface area contributed by atoms with Crippen molar-refractivity contribution in [3.63, 3.8) is 0 Å². The molecule has 0 radical (unpaired) electrons. The number of aliphatic carboxylic acids is 1. The second-order valence-electron chi connectivity index (χ2n) is 7.44. The van der Waals surface area contributed by atoms with Gasteiger partial charge in [-0.3, -0.25) is 9.78 Å². The summed E-state index contributed by atoms with van der Waals surface area (Å²) in [4.78, 5) is 28.8. The third-order valence-electron chi connectivity index (χ3n) is 5.15. The van der Waals surface area contributed by atoms with Crippen LogP contribution in [-0.4, -0.2) is 40.0 Å². The number of carbonyl (C=O) groups excluding carboxylic acids is 1. The van der Waals surface area contributed by atoms with Gasteiger partial charge in [0, 0.05) is 18.3 Å². The van der Waals surface area contributed by atoms with Crippen LogP contribution in [0, 0.1) is 6.92 Å². The molecule has 0 aliphatic rings. The normalized spacial score (nSPS) is 11.2. The van der Waals surface area contributed by atoms with Crippen molar-refractivity contribution in [3.05, 3.63) is 83.7 Å². The van der Waals surface area contributed by atoms with Gasteiger partial charge in [-0.25, -0.2) is 4.79 Å². The number of anilines is 1. The number of carboxylic acids is 1. The van der Waals surface area contributed by atoms with Crippen LogP contribution in [0.3, 0.4) is 0 Å². The standard InChI is InChI=1S/C25H27N3O3S.Na.H/c1-17-10-12-26-16-23(17)27-15-18-8-9-20(21(14-18)19-6-4-3-5-7-19)24(29)28-22(25(30)31)11-13-32-2;;/h3-10,12,14,16,22,27H,11,13,15H2,1-2H3,(H,28,29)(H,30,31);;/q;+1;-1. The van der Waals surface area contributed by atoms with E-state index in [1.165, 1.54) is 0 Å². The molecular formula is C25H28N3NaO3S. The van der Waals surface area contributed by atoms with Gasteiger partial charge in [-0.2, -0.15) is 11.8 Å². The molecule has 0 fully saturated rings. The van der Waals surface area contributed by atoms with Crippen molar-refractivity contribution in [2.45, 2.75) is 25.9 Å². The van der Waals surface area contributed by atoms with Crippen molar-refractivity contribution in [1.29, 1.82) is 0 Å². The van der Waals surface area contributed by atoms with Crippen molar-refractivity contribution in [2.75, 3.05) is 17.3 Å². The summed E-state index contributed by atoms with van der Waals surface area (Å²) in [6.07, 6.45) is 5.82. The first kappa shape index (κ1) is 26.9. The van der Waals surface area contributed by atoms with Gasteiger partial charge in [-0.1, -0.05) is 36.4 Å². The number of hydrogen-bond donors (Lipinski definition) is 3. The van der Waals surface area contributed by atoms with E-state index in [4.69, 9.17) is 0 Å². The number of amides is 1. The second-order valence-corrected chi connectivity index (χ2v) is 8.42. The molecule has 0 aliphatic heterocycles. The van der Waals surface area contributed by atoms with Crippen LogP contribution in [0.4, 0.5) is 5.69 Å². The fourth-order valence-electron chi connectivity index (χ4n) is 3.33. The average molecular weight is 474 g/mol. The van der Waals surface area contributed by atoms with Crippen molar-refractivity contribution in [3.8, 4) is 11.1 Å². The first-order valence-electron chi connectivity index (χ1n) is 10.3. The molecule has 0 spiro atoms. The zero-order valence-corrected chi connectivity index (χ0v) is 22.0. The predicted molar refractivity (Wildman–Crippen MR) is 131 cm³/mol. The Morgan fingerprint density at radius 3 is 2.58 bits per heavy atom. The van der Waals surface area contributed by atoms with Gasteiger partial charge in [-0.15, -0.1) is 0 Å². The van der Waals surface area contributed by atoms with Crippen molar-refractivity contribution < 1.29 is 45.7 Å². The smallest absolute Gasteiger partial charge is 1.00 e. The molecule has 8 heteroatoms. The summed E-state index contributed by atoms with van der Waals surface area (Å²) in [5, 5.41) is 15.6. The molecule has 1 atom stereocenters. The molecule has 6 nitrogen and oxygen atoms in total. The Morgan fingerprint density at radius 1 is 1.15 bits per heavy atom. The van der Waals surface area contributed by atoms with E-state index in [-0.39, 0.29) is 36.9 Å². The van der Waals surface area contributed by atoms with E-state index >= 15 is 0 Å². The maximum Gasteiger partial charge on any atom is 1.00 e. The van der Waals surface area contributed by atoms with E-state index in [1.54, 1.807) is 30.2 Å². The SMILES string of the molecule is CSCCC(NC(=O)c1ccc(CNc2cnccc2C)cc1-c1ccccc1)C(=O)O.[H-].[Na+]. The summed E-state index contributed by atoms with van der Waals surface area (Å²) in [5.41, 5.74) is 5.17. The molecule has 1 amide bonds. The number of nitrogens with zero attached hydrogens (tertiary/aromatic N) is 1. The molecule has 2 aromatic carbocycles. The summed E-state index contributed by atoms with van der Waals surface area (Å²) < 4.78 is 0. The van der Waals surface area contributed by atoms with Crippen LogP contribution in [0.25, 0.3) is 11.1 Å². The largest absolute Gasteiger partial charge is 1.00 e. The zero-order chi connectivity index (χ0) is 22.9. The van der Waals surface area contributed by atoms with Crippen LogP contribution in [0.1, 0.15) is 29.3 Å². The minimum atomic E-state index is -1.03. The first-order chi connectivity index (χ1) is 15.5. The van der Waals surface area contributed by atoms with Crippen molar-refractivity contribution >= 4 is 29.3 Å². The van der Waals surface area contributed by atoms with Gasteiger partial charge in [-0.05, 0) is 65.8 Å². The van der Waals surface area contributed by atoms with Gasteiger partial charge in [0.1, 0.15) is 6.04 Å². The Labute approximate surface area is 222 Å². The molecule has 3 N–H and O–H groups in total. The van der Waals surface area contributed by atoms with Crippen molar-refractivity contribution in [2.24, 2.45) is 0 Å². The Balaban J connectivity index is 0.00000289. The van der Waals surface area contributed by atoms with Crippen LogP contribution >= 0.6 is 11.8 Å². The number of hydrogen-bond acceptors (Lipinski definition) is 5. The molecule has 3 rings (SSSR count). The summed E-state index contributed by atoms with van der Waals surface area (Å²) in [7, 11) is 0. The Kier molecular flexibility index (Phi) is 10.9. The number of aromatic nitrogens is 1. The van der Waals surface area contributed by atoms with Gasteiger partial charge in [0.25, 0.3) is 5.91 Å². The fraction of sp³-hybridized carbons (Fsp3) is 0.240. The number of aryl methyl sites for hydroxylation is 1. The second kappa shape index (κ2) is 13.4. The van der Waals surface area contributed by atoms with E-state index < -0.39 is 12.0 Å². The Hall–Kier alpha value is -2.32. The van der Waals surface area contributed by atoms with E-state index in [1.807, 2.05) is 61.7 Å². The van der Waals surface area contributed by atoms with Crippen LogP contribution in [0.2, 0.25) is 0 Å². The number of pyridine rings is 1. The molecule has 168 valence electrons. The maximum absolute atomic E-state index is 13.0. The fourth-order valence-corrected chi connectivity index (χ4v) is 3.80. The molecule has 1 unspecified atom stereocenters. The number of thioether (sulfide) groups is 1. The molecule has 0 aliphatic carbocycles. The van der Waals surface area contributed by atoms with Gasteiger partial charge < -0.3 is 17.2 Å². The number of carbonyl (C=O) groups is 2. The average Bonchev–Trinajstić information content (AvgIpc) is 2.81. The van der Waals surface area contributed by atoms with Gasteiger partial charge in [0.2, 0.25) is 0 Å². The summed E-state index contributed by atoms with van der Waals surface area (Å²) in [6.45, 7) is 2.59. The molecule has 33 heavy (non-hydrogen) atoms. The number of nitrogens with one attached hydrogen (secondary N) is 2. The first-order valence-corrected chi connectivity index (χ1v) is 11.7. The topological polar surface area (TPSA) is 91.3 Å². The Morgan fingerprint density at radius 2 is 1.91 bits per heavy atom. The van der Waals surface area contributed by atoms with E-state index in [0.717, 1.165) is 27.9 Å². The van der Waals surface area contributed by atoms with Gasteiger partial charge >= 0.3 is 35.5 Å². The predicted octanol–water partition coefficient (Wildman–Crippen LogP) is 1.72. The summed E-state index contributed by atoms with van der Waals surface area (Å²) in [6, 6.07) is 16.3. The third kappa shape index (κ3) is 7.61. The number of rotatable bonds is 10. The zero-order valence-electron chi connectivity index (χ0n) is 20.2. The number of benzene rings is 2. The maximum atomic E-state index is 13.0. The molecule has 1 heterocycles. The van der Waals surface area contributed by atoms with Crippen molar-refractivity contribution in [1.82, 2.24) is 10.3 Å². The molecule has 1 aromatic heterocycles. The monoisotopic (exact) mass is 473 g/mol. The van der Waals surface area contributed by atoms with E-state index in [0.29, 0.717) is 24.3 Å². The quantitative estimate of drug-likeness (QED) is 0.389. The minimum Gasteiger partial charge on any atom is -1.00 e. The Bertz CT molecular complexity index is 1090. The summed E-state index contributed by atoms with van der Waals surface area (Å²) >= 11 is 1.55. The van der Waals surface area contributed by atoms with Crippen LogP contribution in [0.5, 0.6) is 0 Å². The molecule has 0 saturated carbocycles.